The van der Waals surface area contributed by atoms with Gasteiger partial charge in [-0.05, 0) is 19.8 Å². The van der Waals surface area contributed by atoms with Gasteiger partial charge in [0.25, 0.3) is 0 Å². The number of ketones is 1. The van der Waals surface area contributed by atoms with Gasteiger partial charge in [0.05, 0.1) is 0 Å². The number of carbonyl (C=O) groups excluding carboxylic acids is 1. The molecule has 0 aliphatic heterocycles. The molecule has 0 aromatic heterocycles. The Morgan fingerprint density at radius 2 is 2.00 bits per heavy atom. The molecule has 0 amide bonds. The molecule has 0 aliphatic rings. The first-order chi connectivity index (χ1) is 6.04. The van der Waals surface area contributed by atoms with Gasteiger partial charge in [-0.1, -0.05) is 13.3 Å². The van der Waals surface area contributed by atoms with Crippen molar-refractivity contribution in [3.05, 3.63) is 0 Å². The molecule has 0 bridgehead atoms. The normalized spacial score (nSPS) is 12.2. The van der Waals surface area contributed by atoms with Gasteiger partial charge in [-0.15, -0.1) is 0 Å². The highest BCUT2D eigenvalue weighted by atomic mass is 16.1. The number of Topliss-reactive ketones (excluding diaryl/α,β-unsaturated/α-hetero) is 1. The summed E-state index contributed by atoms with van der Waals surface area (Å²) in [6, 6.07) is 0. The third kappa shape index (κ3) is 7.31. The molecule has 0 heterocycles. The predicted molar refractivity (Wildman–Crippen MR) is 54.4 cm³/mol. The van der Waals surface area contributed by atoms with Crippen LogP contribution in [0.25, 0.3) is 0 Å². The van der Waals surface area contributed by atoms with Gasteiger partial charge in [-0.25, -0.2) is 0 Å². The van der Waals surface area contributed by atoms with Crippen LogP contribution in [0.5, 0.6) is 0 Å². The number of guanidine groups is 1. The summed E-state index contributed by atoms with van der Waals surface area (Å²) in [4.78, 5) is 14.7. The van der Waals surface area contributed by atoms with Crippen LogP contribution in [0.2, 0.25) is 0 Å². The fourth-order valence-corrected chi connectivity index (χ4v) is 0.974. The van der Waals surface area contributed by atoms with Crippen LogP contribution in [0.1, 0.15) is 33.1 Å². The van der Waals surface area contributed by atoms with E-state index in [9.17, 15) is 4.79 Å². The minimum atomic E-state index is 0.139. The van der Waals surface area contributed by atoms with E-state index in [0.717, 1.165) is 19.3 Å². The second-order valence-electron chi connectivity index (χ2n) is 3.31. The Labute approximate surface area is 79.4 Å². The zero-order valence-corrected chi connectivity index (χ0v) is 8.42. The Hall–Kier alpha value is -1.06. The molecule has 4 N–H and O–H groups in total. The molecule has 0 spiro atoms. The lowest BCUT2D eigenvalue weighted by Gasteiger charge is -2.05. The second kappa shape index (κ2) is 6.46. The maximum atomic E-state index is 10.8. The van der Waals surface area contributed by atoms with Gasteiger partial charge in [0.15, 0.2) is 5.96 Å². The van der Waals surface area contributed by atoms with E-state index in [-0.39, 0.29) is 17.7 Å². The van der Waals surface area contributed by atoms with Crippen LogP contribution in [-0.2, 0) is 4.79 Å². The molecular weight excluding hydrogens is 166 g/mol. The first-order valence-electron chi connectivity index (χ1n) is 4.60. The van der Waals surface area contributed by atoms with Crippen LogP contribution >= 0.6 is 0 Å². The highest BCUT2D eigenvalue weighted by molar-refractivity contribution is 5.77. The van der Waals surface area contributed by atoms with E-state index in [1.807, 2.05) is 6.92 Å². The highest BCUT2D eigenvalue weighted by Crippen LogP contribution is 2.08. The number of rotatable bonds is 6. The van der Waals surface area contributed by atoms with E-state index in [1.54, 1.807) is 6.92 Å². The monoisotopic (exact) mass is 185 g/mol. The summed E-state index contributed by atoms with van der Waals surface area (Å²) in [6.45, 7) is 4.23. The molecular formula is C9H19N3O. The van der Waals surface area contributed by atoms with Crippen LogP contribution in [0.4, 0.5) is 0 Å². The third-order valence-corrected chi connectivity index (χ3v) is 2.03. The quantitative estimate of drug-likeness (QED) is 0.362. The Kier molecular flexibility index (Phi) is 5.93. The predicted octanol–water partition coefficient (Wildman–Crippen LogP) is 0.655. The number of nitrogens with zero attached hydrogens (tertiary/aromatic N) is 1. The van der Waals surface area contributed by atoms with Crippen LogP contribution in [-0.4, -0.2) is 18.3 Å². The van der Waals surface area contributed by atoms with Crippen molar-refractivity contribution >= 4 is 11.7 Å². The lowest BCUT2D eigenvalue weighted by molar-refractivity contribution is -0.120. The zero-order valence-electron chi connectivity index (χ0n) is 8.42. The molecule has 4 nitrogen and oxygen atoms in total. The number of hydrogen-bond donors (Lipinski definition) is 2. The van der Waals surface area contributed by atoms with Crippen LogP contribution in [0, 0.1) is 5.92 Å². The van der Waals surface area contributed by atoms with Gasteiger partial charge in [0.2, 0.25) is 0 Å². The molecule has 0 rings (SSSR count). The van der Waals surface area contributed by atoms with Crippen molar-refractivity contribution in [3.8, 4) is 0 Å². The van der Waals surface area contributed by atoms with E-state index < -0.39 is 0 Å². The fourth-order valence-electron chi connectivity index (χ4n) is 0.974. The summed E-state index contributed by atoms with van der Waals surface area (Å²) >= 11 is 0. The van der Waals surface area contributed by atoms with Gasteiger partial charge in [0, 0.05) is 12.5 Å². The maximum absolute atomic E-state index is 10.8. The summed E-state index contributed by atoms with van der Waals surface area (Å²) in [5.41, 5.74) is 10.3. The Balaban J connectivity index is 3.36. The number of hydrogen-bond acceptors (Lipinski definition) is 2. The van der Waals surface area contributed by atoms with E-state index in [4.69, 9.17) is 11.5 Å². The van der Waals surface area contributed by atoms with Crippen LogP contribution in [0.3, 0.4) is 0 Å². The molecule has 4 heteroatoms. The summed E-state index contributed by atoms with van der Waals surface area (Å²) in [7, 11) is 0. The molecule has 0 aliphatic carbocycles. The number of nitrogens with two attached hydrogens (primary N) is 2. The standard InChI is InChI=1S/C9H19N3O/c1-7(8(2)13)5-3-4-6-12-9(10)11/h7H,3-6H2,1-2H3,(H4,10,11,12)/t7-/m0/s1. The summed E-state index contributed by atoms with van der Waals surface area (Å²) in [6.07, 6.45) is 2.86. The van der Waals surface area contributed by atoms with Crippen molar-refractivity contribution in [1.82, 2.24) is 0 Å². The van der Waals surface area contributed by atoms with Gasteiger partial charge in [-0.3, -0.25) is 9.79 Å². The largest absolute Gasteiger partial charge is 0.370 e. The molecule has 0 saturated heterocycles. The minimum Gasteiger partial charge on any atom is -0.370 e. The Bertz CT molecular complexity index is 185. The average Bonchev–Trinajstić information content (AvgIpc) is 2.02. The fraction of sp³-hybridized carbons (Fsp3) is 0.778. The topological polar surface area (TPSA) is 81.5 Å². The summed E-state index contributed by atoms with van der Waals surface area (Å²) in [5.74, 6) is 0.556. The number of aliphatic imine (C=N–C) groups is 1. The molecule has 0 unspecified atom stereocenters. The third-order valence-electron chi connectivity index (χ3n) is 2.03. The Morgan fingerprint density at radius 1 is 1.38 bits per heavy atom. The molecule has 13 heavy (non-hydrogen) atoms. The van der Waals surface area contributed by atoms with Crippen molar-refractivity contribution < 1.29 is 4.79 Å². The van der Waals surface area contributed by atoms with Gasteiger partial charge < -0.3 is 11.5 Å². The molecule has 0 saturated carbocycles. The molecule has 76 valence electrons. The van der Waals surface area contributed by atoms with Crippen LogP contribution < -0.4 is 11.5 Å². The summed E-state index contributed by atoms with van der Waals surface area (Å²) in [5, 5.41) is 0. The van der Waals surface area contributed by atoms with Crippen LogP contribution in [0.15, 0.2) is 4.99 Å². The van der Waals surface area contributed by atoms with Crippen molar-refractivity contribution in [3.63, 3.8) is 0 Å². The van der Waals surface area contributed by atoms with E-state index >= 15 is 0 Å². The first-order valence-corrected chi connectivity index (χ1v) is 4.60. The van der Waals surface area contributed by atoms with Crippen molar-refractivity contribution in [2.45, 2.75) is 33.1 Å². The average molecular weight is 185 g/mol. The minimum absolute atomic E-state index is 0.139. The second-order valence-corrected chi connectivity index (χ2v) is 3.31. The molecule has 1 atom stereocenters. The van der Waals surface area contributed by atoms with Gasteiger partial charge in [0.1, 0.15) is 5.78 Å². The lowest BCUT2D eigenvalue weighted by atomic mass is 10.0. The maximum Gasteiger partial charge on any atom is 0.185 e. The van der Waals surface area contributed by atoms with Crippen molar-refractivity contribution in [1.29, 1.82) is 0 Å². The van der Waals surface area contributed by atoms with Gasteiger partial charge >= 0.3 is 0 Å². The molecule has 0 aromatic rings. The highest BCUT2D eigenvalue weighted by Gasteiger charge is 2.05. The zero-order chi connectivity index (χ0) is 10.3. The van der Waals surface area contributed by atoms with Crippen molar-refractivity contribution in [2.24, 2.45) is 22.4 Å². The van der Waals surface area contributed by atoms with Gasteiger partial charge in [-0.2, -0.15) is 0 Å². The number of unbranched alkanes of at least 4 members (excludes halogenated alkanes) is 1. The summed E-state index contributed by atoms with van der Waals surface area (Å²) < 4.78 is 0. The smallest absolute Gasteiger partial charge is 0.185 e. The van der Waals surface area contributed by atoms with E-state index in [0.29, 0.717) is 6.54 Å². The lowest BCUT2D eigenvalue weighted by Crippen LogP contribution is -2.22. The SMILES string of the molecule is CC(=O)[C@@H](C)CCCCN=C(N)N. The van der Waals surface area contributed by atoms with E-state index in [2.05, 4.69) is 4.99 Å². The Morgan fingerprint density at radius 3 is 2.46 bits per heavy atom. The molecule has 0 aromatic carbocycles. The molecule has 0 fully saturated rings. The number of carbonyl (C=O) groups is 1. The molecule has 0 radical (unpaired) electrons. The van der Waals surface area contributed by atoms with E-state index in [1.165, 1.54) is 0 Å². The first kappa shape index (κ1) is 11.9. The van der Waals surface area contributed by atoms with Crippen molar-refractivity contribution in [2.75, 3.05) is 6.54 Å².